The van der Waals surface area contributed by atoms with E-state index < -0.39 is 0 Å². The van der Waals surface area contributed by atoms with Crippen molar-refractivity contribution in [2.24, 2.45) is 0 Å². The molecule has 3 nitrogen and oxygen atoms in total. The molecular formula is C27H35N3. The van der Waals surface area contributed by atoms with Crippen molar-refractivity contribution in [1.82, 2.24) is 4.98 Å². The molecule has 0 spiro atoms. The fourth-order valence-electron chi connectivity index (χ4n) is 4.45. The van der Waals surface area contributed by atoms with Crippen molar-refractivity contribution in [1.29, 1.82) is 0 Å². The van der Waals surface area contributed by atoms with Crippen molar-refractivity contribution in [3.63, 3.8) is 0 Å². The van der Waals surface area contributed by atoms with E-state index >= 15 is 0 Å². The Hall–Kier alpha value is -2.81. The Morgan fingerprint density at radius 2 is 1.13 bits per heavy atom. The number of aryl methyl sites for hydroxylation is 6. The van der Waals surface area contributed by atoms with Crippen LogP contribution in [-0.2, 0) is 5.41 Å². The van der Waals surface area contributed by atoms with Gasteiger partial charge in [0, 0.05) is 41.8 Å². The lowest BCUT2D eigenvalue weighted by atomic mass is 9.85. The first-order valence-electron chi connectivity index (χ1n) is 10.7. The predicted octanol–water partition coefficient (Wildman–Crippen LogP) is 6.41. The van der Waals surface area contributed by atoms with Gasteiger partial charge < -0.3 is 10.6 Å². The lowest BCUT2D eigenvalue weighted by Crippen LogP contribution is -2.39. The molecule has 0 saturated carbocycles. The molecule has 30 heavy (non-hydrogen) atoms. The van der Waals surface area contributed by atoms with Gasteiger partial charge in [0.1, 0.15) is 0 Å². The van der Waals surface area contributed by atoms with E-state index in [2.05, 4.69) is 95.5 Å². The summed E-state index contributed by atoms with van der Waals surface area (Å²) >= 11 is 0. The summed E-state index contributed by atoms with van der Waals surface area (Å²) in [5.41, 5.74) is 11.1. The molecule has 3 rings (SSSR count). The van der Waals surface area contributed by atoms with Crippen LogP contribution in [0.15, 0.2) is 48.7 Å². The van der Waals surface area contributed by atoms with Crippen molar-refractivity contribution in [3.05, 3.63) is 87.7 Å². The first-order chi connectivity index (χ1) is 14.2. The summed E-state index contributed by atoms with van der Waals surface area (Å²) in [7, 11) is 0. The van der Waals surface area contributed by atoms with Crippen LogP contribution in [0.2, 0.25) is 0 Å². The minimum atomic E-state index is -0.172. The summed E-state index contributed by atoms with van der Waals surface area (Å²) in [5, 5.41) is 7.48. The van der Waals surface area contributed by atoms with Crippen molar-refractivity contribution in [2.75, 3.05) is 23.7 Å². The predicted molar refractivity (Wildman–Crippen MR) is 130 cm³/mol. The molecule has 0 aliphatic heterocycles. The highest BCUT2D eigenvalue weighted by molar-refractivity contribution is 5.60. The highest BCUT2D eigenvalue weighted by Gasteiger charge is 2.29. The molecule has 1 aromatic heterocycles. The third kappa shape index (κ3) is 4.84. The number of nitrogens with one attached hydrogen (secondary N) is 2. The molecule has 0 atom stereocenters. The molecule has 0 amide bonds. The standard InChI is InChI=1S/C27H35N3/c1-18-12-20(3)25(21(4)13-18)29-16-27(7,24-10-8-9-11-28-24)17-30-26-22(5)14-19(2)15-23(26)6/h8-15,29-30H,16-17H2,1-7H3. The molecule has 0 radical (unpaired) electrons. The highest BCUT2D eigenvalue weighted by atomic mass is 15.0. The first-order valence-corrected chi connectivity index (χ1v) is 10.7. The van der Waals surface area contributed by atoms with Crippen LogP contribution in [0.5, 0.6) is 0 Å². The van der Waals surface area contributed by atoms with E-state index in [1.54, 1.807) is 0 Å². The third-order valence-electron chi connectivity index (χ3n) is 5.95. The van der Waals surface area contributed by atoms with Crippen LogP contribution < -0.4 is 10.6 Å². The second-order valence-electron chi connectivity index (χ2n) is 9.03. The van der Waals surface area contributed by atoms with E-state index in [4.69, 9.17) is 4.98 Å². The Kier molecular flexibility index (Phi) is 6.50. The molecule has 0 saturated heterocycles. The molecule has 158 valence electrons. The quantitative estimate of drug-likeness (QED) is 0.480. The molecule has 2 N–H and O–H groups in total. The van der Waals surface area contributed by atoms with Gasteiger partial charge in [0.05, 0.1) is 0 Å². The average Bonchev–Trinajstić information content (AvgIpc) is 2.67. The van der Waals surface area contributed by atoms with Gasteiger partial charge >= 0.3 is 0 Å². The van der Waals surface area contributed by atoms with Crippen molar-refractivity contribution in [3.8, 4) is 0 Å². The number of pyridine rings is 1. The molecule has 2 aromatic carbocycles. The van der Waals surface area contributed by atoms with Gasteiger partial charge in [-0.3, -0.25) is 4.98 Å². The number of hydrogen-bond donors (Lipinski definition) is 2. The summed E-state index contributed by atoms with van der Waals surface area (Å²) in [6, 6.07) is 15.1. The van der Waals surface area contributed by atoms with Crippen LogP contribution in [0.3, 0.4) is 0 Å². The Morgan fingerprint density at radius 3 is 1.50 bits per heavy atom. The Morgan fingerprint density at radius 1 is 0.700 bits per heavy atom. The van der Waals surface area contributed by atoms with E-state index in [0.29, 0.717) is 0 Å². The van der Waals surface area contributed by atoms with Crippen LogP contribution >= 0.6 is 0 Å². The number of rotatable bonds is 7. The number of anilines is 2. The van der Waals surface area contributed by atoms with Gasteiger partial charge in [0.2, 0.25) is 0 Å². The Labute approximate surface area is 182 Å². The minimum Gasteiger partial charge on any atom is -0.384 e. The minimum absolute atomic E-state index is 0.172. The fraction of sp³-hybridized carbons (Fsp3) is 0.370. The summed E-state index contributed by atoms with van der Waals surface area (Å²) in [5.74, 6) is 0. The topological polar surface area (TPSA) is 37.0 Å². The molecule has 3 aromatic rings. The second-order valence-corrected chi connectivity index (χ2v) is 9.03. The van der Waals surface area contributed by atoms with E-state index in [-0.39, 0.29) is 5.41 Å². The third-order valence-corrected chi connectivity index (χ3v) is 5.95. The molecule has 0 bridgehead atoms. The highest BCUT2D eigenvalue weighted by Crippen LogP contribution is 2.29. The second kappa shape index (κ2) is 8.91. The van der Waals surface area contributed by atoms with Gasteiger partial charge in [-0.05, 0) is 75.9 Å². The molecule has 0 unspecified atom stereocenters. The molecule has 0 fully saturated rings. The maximum absolute atomic E-state index is 4.71. The lowest BCUT2D eigenvalue weighted by Gasteiger charge is -2.32. The van der Waals surface area contributed by atoms with Crippen LogP contribution in [0.4, 0.5) is 11.4 Å². The van der Waals surface area contributed by atoms with E-state index in [1.165, 1.54) is 44.8 Å². The summed E-state index contributed by atoms with van der Waals surface area (Å²) in [6.07, 6.45) is 1.89. The van der Waals surface area contributed by atoms with Crippen molar-refractivity contribution >= 4 is 11.4 Å². The average molecular weight is 402 g/mol. The van der Waals surface area contributed by atoms with E-state index in [1.807, 2.05) is 12.3 Å². The van der Waals surface area contributed by atoms with Gasteiger partial charge in [-0.2, -0.15) is 0 Å². The number of hydrogen-bond acceptors (Lipinski definition) is 3. The van der Waals surface area contributed by atoms with Crippen molar-refractivity contribution in [2.45, 2.75) is 53.9 Å². The summed E-state index contributed by atoms with van der Waals surface area (Å²) < 4.78 is 0. The zero-order valence-electron chi connectivity index (χ0n) is 19.5. The van der Waals surface area contributed by atoms with Crippen LogP contribution in [0.25, 0.3) is 0 Å². The first kappa shape index (κ1) is 21.9. The molecular weight excluding hydrogens is 366 g/mol. The van der Waals surface area contributed by atoms with Crippen LogP contribution in [0.1, 0.15) is 46.0 Å². The van der Waals surface area contributed by atoms with Gasteiger partial charge in [0.25, 0.3) is 0 Å². The normalized spacial score (nSPS) is 11.4. The van der Waals surface area contributed by atoms with Gasteiger partial charge in [-0.1, -0.05) is 48.4 Å². The number of benzene rings is 2. The summed E-state index contributed by atoms with van der Waals surface area (Å²) in [6.45, 7) is 16.9. The van der Waals surface area contributed by atoms with Crippen LogP contribution in [0, 0.1) is 41.5 Å². The maximum atomic E-state index is 4.71. The molecule has 0 aliphatic carbocycles. The summed E-state index contributed by atoms with van der Waals surface area (Å²) in [4.78, 5) is 4.71. The van der Waals surface area contributed by atoms with Crippen molar-refractivity contribution < 1.29 is 0 Å². The lowest BCUT2D eigenvalue weighted by molar-refractivity contribution is 0.511. The van der Waals surface area contributed by atoms with Gasteiger partial charge in [0.15, 0.2) is 0 Å². The Balaban J connectivity index is 1.88. The largest absolute Gasteiger partial charge is 0.384 e. The van der Waals surface area contributed by atoms with Gasteiger partial charge in [-0.25, -0.2) is 0 Å². The SMILES string of the molecule is Cc1cc(C)c(NCC(C)(CNc2c(C)cc(C)cc2C)c2ccccn2)c(C)c1. The number of aromatic nitrogens is 1. The zero-order valence-corrected chi connectivity index (χ0v) is 19.5. The fourth-order valence-corrected chi connectivity index (χ4v) is 4.45. The van der Waals surface area contributed by atoms with Gasteiger partial charge in [-0.15, -0.1) is 0 Å². The van der Waals surface area contributed by atoms with E-state index in [0.717, 1.165) is 18.8 Å². The monoisotopic (exact) mass is 401 g/mol. The molecule has 3 heteroatoms. The number of nitrogens with zero attached hydrogens (tertiary/aromatic N) is 1. The smallest absolute Gasteiger partial charge is 0.0497 e. The Bertz CT molecular complexity index is 914. The molecule has 1 heterocycles. The molecule has 0 aliphatic rings. The van der Waals surface area contributed by atoms with E-state index in [9.17, 15) is 0 Å². The maximum Gasteiger partial charge on any atom is 0.0497 e. The zero-order chi connectivity index (χ0) is 21.9. The van der Waals surface area contributed by atoms with Crippen LogP contribution in [-0.4, -0.2) is 18.1 Å².